The number of azide groups is 2. The first-order valence-corrected chi connectivity index (χ1v) is 11.4. The SMILES string of the molecule is I.[B]C1CC(CC)C(N=[N+]=[N-])C1.[B]C1CC(CO)C(N=[N+]=[N-])C1.[B]C1CC(O)C(CC)C1. The predicted octanol–water partition coefficient (Wildman–Crippen LogP) is 5.21. The lowest BCUT2D eigenvalue weighted by Gasteiger charge is -2.10. The second-order valence-corrected chi connectivity index (χ2v) is 9.09. The lowest BCUT2D eigenvalue weighted by Crippen LogP contribution is -2.14. The Morgan fingerprint density at radius 1 is 0.750 bits per heavy atom. The van der Waals surface area contributed by atoms with Crippen LogP contribution in [0.1, 0.15) is 65.2 Å². The van der Waals surface area contributed by atoms with E-state index in [0.717, 1.165) is 44.9 Å². The zero-order valence-electron chi connectivity index (χ0n) is 19.3. The molecule has 32 heavy (non-hydrogen) atoms. The van der Waals surface area contributed by atoms with Crippen molar-refractivity contribution in [3.05, 3.63) is 20.9 Å². The Morgan fingerprint density at radius 2 is 1.16 bits per heavy atom. The Hall–Kier alpha value is -0.535. The largest absolute Gasteiger partial charge is 0.396 e. The highest BCUT2D eigenvalue weighted by molar-refractivity contribution is 14.0. The van der Waals surface area contributed by atoms with Gasteiger partial charge in [0, 0.05) is 28.5 Å². The second kappa shape index (κ2) is 17.0. The number of hydrogen-bond acceptors (Lipinski definition) is 4. The van der Waals surface area contributed by atoms with Crippen LogP contribution >= 0.6 is 24.0 Å². The van der Waals surface area contributed by atoms with Crippen molar-refractivity contribution in [3.63, 3.8) is 0 Å². The van der Waals surface area contributed by atoms with Crippen molar-refractivity contribution in [2.45, 2.75) is 101 Å². The summed E-state index contributed by atoms with van der Waals surface area (Å²) in [6.45, 7) is 4.28. The van der Waals surface area contributed by atoms with Crippen LogP contribution in [0.3, 0.4) is 0 Å². The molecule has 3 rings (SSSR count). The van der Waals surface area contributed by atoms with Crippen molar-refractivity contribution >= 4 is 47.5 Å². The van der Waals surface area contributed by atoms with Crippen LogP contribution in [0.15, 0.2) is 10.2 Å². The number of halogens is 1. The third kappa shape index (κ3) is 10.6. The number of aliphatic hydroxyl groups excluding tert-OH is 2. The molecule has 2 N–H and O–H groups in total. The fourth-order valence-electron chi connectivity index (χ4n) is 4.92. The van der Waals surface area contributed by atoms with Gasteiger partial charge in [-0.25, -0.2) is 0 Å². The maximum absolute atomic E-state index is 9.28. The Labute approximate surface area is 213 Å². The lowest BCUT2D eigenvalue weighted by atomic mass is 9.85. The van der Waals surface area contributed by atoms with Crippen molar-refractivity contribution in [2.75, 3.05) is 6.61 Å². The van der Waals surface area contributed by atoms with Crippen LogP contribution < -0.4 is 0 Å². The molecule has 3 fully saturated rings. The van der Waals surface area contributed by atoms with Crippen LogP contribution in [-0.4, -0.2) is 58.5 Å². The molecular weight excluding hydrogens is 516 g/mol. The summed E-state index contributed by atoms with van der Waals surface area (Å²) in [7, 11) is 17.0. The van der Waals surface area contributed by atoms with Gasteiger partial charge in [0.15, 0.2) is 0 Å². The van der Waals surface area contributed by atoms with Crippen molar-refractivity contribution in [3.8, 4) is 0 Å². The standard InChI is InChI=1S/C7H12BN3.C7H13BO.C6H10BN3O.HI/c1-2-5-3-6(8)4-7(5)10-11-9;1-2-5-3-6(8)4-7(5)9;7-5-1-4(3-11)6(2-5)9-10-8;/h5-7H,2-4H2,1H3;5-7,9H,2-4H2,1H3;4-6,11H,1-3H2;1H. The van der Waals surface area contributed by atoms with E-state index in [2.05, 4.69) is 33.9 Å². The van der Waals surface area contributed by atoms with Crippen LogP contribution in [0.2, 0.25) is 17.5 Å². The predicted molar refractivity (Wildman–Crippen MR) is 142 cm³/mol. The summed E-state index contributed by atoms with van der Waals surface area (Å²) < 4.78 is 0. The monoisotopic (exact) mass is 552 g/mol. The molecule has 12 heteroatoms. The summed E-state index contributed by atoms with van der Waals surface area (Å²) in [5, 5.41) is 25.4. The van der Waals surface area contributed by atoms with E-state index in [9.17, 15) is 5.11 Å². The smallest absolute Gasteiger partial charge is 0.0700 e. The number of rotatable bonds is 5. The fraction of sp³-hybridized carbons (Fsp3) is 1.00. The molecular formula is C20H36B3IN6O2. The summed E-state index contributed by atoms with van der Waals surface area (Å²) in [4.78, 5) is 5.53. The number of nitrogens with zero attached hydrogens (tertiary/aromatic N) is 6. The summed E-state index contributed by atoms with van der Waals surface area (Å²) >= 11 is 0. The first kappa shape index (κ1) is 31.5. The van der Waals surface area contributed by atoms with E-state index in [0.29, 0.717) is 18.3 Å². The first-order valence-electron chi connectivity index (χ1n) is 11.4. The maximum atomic E-state index is 9.28. The van der Waals surface area contributed by atoms with Crippen molar-refractivity contribution in [1.82, 2.24) is 0 Å². The van der Waals surface area contributed by atoms with Crippen molar-refractivity contribution < 1.29 is 10.2 Å². The molecule has 0 aromatic carbocycles. The van der Waals surface area contributed by atoms with Gasteiger partial charge in [-0.05, 0) is 48.1 Å². The number of hydrogen-bond donors (Lipinski definition) is 2. The summed E-state index contributed by atoms with van der Waals surface area (Å²) in [6.07, 6.45) is 7.17. The van der Waals surface area contributed by atoms with E-state index in [1.54, 1.807) is 0 Å². The van der Waals surface area contributed by atoms with Gasteiger partial charge in [-0.3, -0.25) is 0 Å². The molecule has 3 aliphatic rings. The normalized spacial score (nSPS) is 37.4. The minimum absolute atomic E-state index is 0. The van der Waals surface area contributed by atoms with Gasteiger partial charge in [0.05, 0.1) is 29.6 Å². The fourth-order valence-corrected chi connectivity index (χ4v) is 4.92. The quantitative estimate of drug-likeness (QED) is 0.159. The number of aliphatic hydroxyl groups is 2. The Morgan fingerprint density at radius 3 is 1.50 bits per heavy atom. The highest BCUT2D eigenvalue weighted by Gasteiger charge is 2.30. The molecule has 0 heterocycles. The molecule has 0 spiro atoms. The van der Waals surface area contributed by atoms with Gasteiger partial charge >= 0.3 is 0 Å². The lowest BCUT2D eigenvalue weighted by molar-refractivity contribution is 0.131. The molecule has 6 radical (unpaired) electrons. The van der Waals surface area contributed by atoms with E-state index >= 15 is 0 Å². The van der Waals surface area contributed by atoms with Gasteiger partial charge in [-0.2, -0.15) is 0 Å². The van der Waals surface area contributed by atoms with Crippen LogP contribution in [0.4, 0.5) is 0 Å². The molecule has 0 aromatic heterocycles. The topological polar surface area (TPSA) is 138 Å². The summed E-state index contributed by atoms with van der Waals surface area (Å²) in [6, 6.07) is 0.0556. The minimum atomic E-state index is -0.120. The summed E-state index contributed by atoms with van der Waals surface area (Å²) in [5.74, 6) is 1.64. The van der Waals surface area contributed by atoms with Gasteiger partial charge in [0.25, 0.3) is 0 Å². The first-order chi connectivity index (χ1) is 14.8. The van der Waals surface area contributed by atoms with Gasteiger partial charge in [0.2, 0.25) is 0 Å². The van der Waals surface area contributed by atoms with Crippen molar-refractivity contribution in [2.24, 2.45) is 28.0 Å². The zero-order chi connectivity index (χ0) is 23.4. The Kier molecular flexibility index (Phi) is 16.7. The summed E-state index contributed by atoms with van der Waals surface area (Å²) in [5.41, 5.74) is 16.4. The van der Waals surface area contributed by atoms with E-state index in [4.69, 9.17) is 39.7 Å². The molecule has 174 valence electrons. The molecule has 0 amide bonds. The minimum Gasteiger partial charge on any atom is -0.396 e. The van der Waals surface area contributed by atoms with Crippen LogP contribution in [-0.2, 0) is 0 Å². The van der Waals surface area contributed by atoms with E-state index in [1.165, 1.54) is 0 Å². The molecule has 0 saturated heterocycles. The third-order valence-electron chi connectivity index (χ3n) is 6.76. The average Bonchev–Trinajstić information content (AvgIpc) is 3.38. The highest BCUT2D eigenvalue weighted by Crippen LogP contribution is 2.37. The molecule has 8 nitrogen and oxygen atoms in total. The molecule has 0 aromatic rings. The van der Waals surface area contributed by atoms with Gasteiger partial charge in [-0.15, -0.1) is 24.0 Å². The van der Waals surface area contributed by atoms with Crippen LogP contribution in [0.5, 0.6) is 0 Å². The average molecular weight is 552 g/mol. The Bertz CT molecular complexity index is 584. The molecule has 9 atom stereocenters. The van der Waals surface area contributed by atoms with Crippen molar-refractivity contribution in [1.29, 1.82) is 0 Å². The van der Waals surface area contributed by atoms with E-state index < -0.39 is 0 Å². The molecule has 3 aliphatic carbocycles. The van der Waals surface area contributed by atoms with Crippen LogP contribution in [0.25, 0.3) is 20.9 Å². The van der Waals surface area contributed by atoms with E-state index in [1.807, 2.05) is 0 Å². The highest BCUT2D eigenvalue weighted by atomic mass is 127. The molecule has 3 saturated carbocycles. The zero-order valence-corrected chi connectivity index (χ0v) is 21.6. The van der Waals surface area contributed by atoms with Gasteiger partial charge in [0.1, 0.15) is 0 Å². The molecule has 0 bridgehead atoms. The molecule has 0 aliphatic heterocycles. The third-order valence-corrected chi connectivity index (χ3v) is 6.76. The van der Waals surface area contributed by atoms with Gasteiger partial charge < -0.3 is 10.2 Å². The van der Waals surface area contributed by atoms with Crippen LogP contribution in [0, 0.1) is 17.8 Å². The van der Waals surface area contributed by atoms with Gasteiger partial charge in [-0.1, -0.05) is 73.6 Å². The second-order valence-electron chi connectivity index (χ2n) is 9.09. The maximum Gasteiger partial charge on any atom is 0.0700 e. The molecule has 9 unspecified atom stereocenters. The van der Waals surface area contributed by atoms with E-state index in [-0.39, 0.29) is 72.1 Å². The Balaban J connectivity index is 0.000000446.